The summed E-state index contributed by atoms with van der Waals surface area (Å²) in [4.78, 5) is 46.5. The molecule has 3 amide bonds. The number of para-hydroxylation sites is 4. The Balaban J connectivity index is 1.22. The molecule has 1 aromatic heterocycles. The highest BCUT2D eigenvalue weighted by Crippen LogP contribution is 2.41. The van der Waals surface area contributed by atoms with Gasteiger partial charge in [0.1, 0.15) is 6.54 Å². The quantitative estimate of drug-likeness (QED) is 0.203. The molecule has 0 saturated carbocycles. The monoisotopic (exact) mass is 638 g/mol. The molecule has 1 aliphatic carbocycles. The molecule has 5 aromatic rings. The van der Waals surface area contributed by atoms with E-state index in [1.807, 2.05) is 54.6 Å². The number of hydrogen-bond donors (Lipinski definition) is 2. The van der Waals surface area contributed by atoms with Gasteiger partial charge in [0, 0.05) is 22.2 Å². The van der Waals surface area contributed by atoms with E-state index in [0.717, 1.165) is 39.7 Å². The molecule has 2 heterocycles. The molecule has 7 rings (SSSR count). The van der Waals surface area contributed by atoms with Crippen molar-refractivity contribution in [3.8, 4) is 11.5 Å². The van der Waals surface area contributed by atoms with E-state index in [0.29, 0.717) is 46.1 Å². The molecule has 2 N–H and O–H groups in total. The van der Waals surface area contributed by atoms with Gasteiger partial charge >= 0.3 is 0 Å². The molecule has 48 heavy (non-hydrogen) atoms. The average molecular weight is 639 g/mol. The molecule has 0 spiro atoms. The van der Waals surface area contributed by atoms with E-state index in [2.05, 4.69) is 23.6 Å². The summed E-state index contributed by atoms with van der Waals surface area (Å²) in [5, 5.41) is 6.65. The fourth-order valence-electron chi connectivity index (χ4n) is 6.67. The molecule has 0 saturated heterocycles. The number of amides is 3. The minimum Gasteiger partial charge on any atom is -0.493 e. The number of carbonyl (C=O) groups is 3. The van der Waals surface area contributed by atoms with Gasteiger partial charge in [-0.2, -0.15) is 0 Å². The predicted molar refractivity (Wildman–Crippen MR) is 188 cm³/mol. The normalized spacial score (nSPS) is 16.1. The molecule has 0 radical (unpaired) electrons. The smallest absolute Gasteiger partial charge is 0.258 e. The summed E-state index contributed by atoms with van der Waals surface area (Å²) < 4.78 is 11.2. The van der Waals surface area contributed by atoms with Crippen LogP contribution >= 0.6 is 0 Å². The van der Waals surface area contributed by atoms with Gasteiger partial charge in [-0.15, -0.1) is 0 Å². The first kappa shape index (κ1) is 30.7. The SMILES string of the molecule is COc1cccc(/C=C2\CC(C)Cc3c2nc2ccccc2c3C(=O)Nc2ccc(C(=O)N3CC(=O)Nc4ccccc43)cc2)c1OC. The van der Waals surface area contributed by atoms with Crippen LogP contribution in [0, 0.1) is 5.92 Å². The first-order valence-corrected chi connectivity index (χ1v) is 15.8. The van der Waals surface area contributed by atoms with E-state index in [9.17, 15) is 14.4 Å². The Labute approximate surface area is 278 Å². The van der Waals surface area contributed by atoms with Crippen LogP contribution in [0.1, 0.15) is 50.9 Å². The Morgan fingerprint density at radius 2 is 1.69 bits per heavy atom. The Morgan fingerprint density at radius 3 is 2.48 bits per heavy atom. The maximum Gasteiger partial charge on any atom is 0.258 e. The molecule has 0 fully saturated rings. The van der Waals surface area contributed by atoms with Gasteiger partial charge in [0.05, 0.1) is 42.4 Å². The minimum absolute atomic E-state index is 0.0754. The van der Waals surface area contributed by atoms with Crippen LogP contribution in [-0.4, -0.2) is 43.5 Å². The van der Waals surface area contributed by atoms with Crippen molar-refractivity contribution in [2.45, 2.75) is 19.8 Å². The van der Waals surface area contributed by atoms with Crippen molar-refractivity contribution in [1.82, 2.24) is 4.98 Å². The second kappa shape index (κ2) is 12.7. The minimum atomic E-state index is -0.301. The lowest BCUT2D eigenvalue weighted by Crippen LogP contribution is -2.42. The zero-order chi connectivity index (χ0) is 33.4. The molecule has 4 aromatic carbocycles. The highest BCUT2D eigenvalue weighted by atomic mass is 16.5. The molecular formula is C39H34N4O5. The van der Waals surface area contributed by atoms with Crippen molar-refractivity contribution in [2.24, 2.45) is 5.92 Å². The third kappa shape index (κ3) is 5.64. The van der Waals surface area contributed by atoms with Gasteiger partial charge in [-0.3, -0.25) is 19.3 Å². The Bertz CT molecular complexity index is 2120. The van der Waals surface area contributed by atoms with Crippen LogP contribution in [0.15, 0.2) is 91.0 Å². The number of nitrogens with zero attached hydrogens (tertiary/aromatic N) is 2. The van der Waals surface area contributed by atoms with Crippen LogP contribution in [0.4, 0.5) is 17.1 Å². The van der Waals surface area contributed by atoms with Crippen molar-refractivity contribution >= 4 is 57.3 Å². The van der Waals surface area contributed by atoms with Gasteiger partial charge in [-0.1, -0.05) is 49.4 Å². The molecule has 2 aliphatic rings. The van der Waals surface area contributed by atoms with Crippen LogP contribution < -0.4 is 25.0 Å². The summed E-state index contributed by atoms with van der Waals surface area (Å²) in [5.74, 6) is 0.737. The molecule has 9 heteroatoms. The summed E-state index contributed by atoms with van der Waals surface area (Å²) in [5.41, 5.74) is 7.08. The van der Waals surface area contributed by atoms with Crippen LogP contribution in [0.25, 0.3) is 22.6 Å². The Morgan fingerprint density at radius 1 is 0.917 bits per heavy atom. The number of benzene rings is 4. The van der Waals surface area contributed by atoms with E-state index in [4.69, 9.17) is 14.5 Å². The number of carbonyl (C=O) groups excluding carboxylic acids is 3. The molecule has 0 bridgehead atoms. The standard InChI is InChI=1S/C39H34N4O5/c1-23-19-26(21-25-9-8-14-33(47-2)37(25)48-3)36-29(20-23)35(28-10-4-5-11-30(28)42-36)38(45)40-27-17-15-24(16-18-27)39(46)43-22-34(44)41-31-12-6-7-13-32(31)43/h4-18,21,23H,19-20,22H2,1-3H3,(H,40,45)(H,41,44)/b26-21+. The Hall–Kier alpha value is -5.96. The summed E-state index contributed by atoms with van der Waals surface area (Å²) in [7, 11) is 3.24. The summed E-state index contributed by atoms with van der Waals surface area (Å²) in [6.07, 6.45) is 3.57. The number of nitrogens with one attached hydrogen (secondary N) is 2. The van der Waals surface area contributed by atoms with Crippen molar-refractivity contribution in [1.29, 1.82) is 0 Å². The van der Waals surface area contributed by atoms with Crippen molar-refractivity contribution in [3.63, 3.8) is 0 Å². The van der Waals surface area contributed by atoms with Crippen LogP contribution in [0.2, 0.25) is 0 Å². The third-order valence-corrected chi connectivity index (χ3v) is 8.81. The van der Waals surface area contributed by atoms with Gasteiger partial charge < -0.3 is 20.1 Å². The molecular weight excluding hydrogens is 604 g/mol. The highest BCUT2D eigenvalue weighted by molar-refractivity contribution is 6.16. The lowest BCUT2D eigenvalue weighted by molar-refractivity contribution is -0.115. The van der Waals surface area contributed by atoms with Crippen molar-refractivity contribution in [2.75, 3.05) is 36.3 Å². The van der Waals surface area contributed by atoms with Gasteiger partial charge in [0.15, 0.2) is 11.5 Å². The molecule has 1 atom stereocenters. The first-order valence-electron chi connectivity index (χ1n) is 15.8. The maximum atomic E-state index is 14.2. The largest absolute Gasteiger partial charge is 0.493 e. The van der Waals surface area contributed by atoms with E-state index >= 15 is 0 Å². The number of pyridine rings is 1. The fraction of sp³-hybridized carbons (Fsp3) is 0.179. The van der Waals surface area contributed by atoms with E-state index in [1.54, 1.807) is 50.6 Å². The number of methoxy groups -OCH3 is 2. The van der Waals surface area contributed by atoms with Crippen LogP contribution in [0.3, 0.4) is 0 Å². The fourth-order valence-corrected chi connectivity index (χ4v) is 6.67. The first-order chi connectivity index (χ1) is 23.3. The highest BCUT2D eigenvalue weighted by Gasteiger charge is 2.30. The van der Waals surface area contributed by atoms with Gasteiger partial charge in [-0.25, -0.2) is 4.98 Å². The van der Waals surface area contributed by atoms with Gasteiger partial charge in [-0.05, 0) is 84.5 Å². The molecule has 240 valence electrons. The van der Waals surface area contributed by atoms with Crippen LogP contribution in [0.5, 0.6) is 11.5 Å². The number of anilines is 3. The topological polar surface area (TPSA) is 110 Å². The summed E-state index contributed by atoms with van der Waals surface area (Å²) >= 11 is 0. The lowest BCUT2D eigenvalue weighted by Gasteiger charge is -2.29. The number of aromatic nitrogens is 1. The van der Waals surface area contributed by atoms with Crippen molar-refractivity contribution < 1.29 is 23.9 Å². The van der Waals surface area contributed by atoms with Gasteiger partial charge in [0.2, 0.25) is 5.91 Å². The number of rotatable bonds is 6. The molecule has 1 unspecified atom stereocenters. The summed E-state index contributed by atoms with van der Waals surface area (Å²) in [6, 6.07) is 27.4. The number of hydrogen-bond acceptors (Lipinski definition) is 6. The van der Waals surface area contributed by atoms with Gasteiger partial charge in [0.25, 0.3) is 11.8 Å². The van der Waals surface area contributed by atoms with Crippen molar-refractivity contribution in [3.05, 3.63) is 119 Å². The number of ether oxygens (including phenoxy) is 2. The summed E-state index contributed by atoms with van der Waals surface area (Å²) in [6.45, 7) is 2.10. The predicted octanol–water partition coefficient (Wildman–Crippen LogP) is 7.23. The lowest BCUT2D eigenvalue weighted by atomic mass is 9.80. The van der Waals surface area contributed by atoms with E-state index < -0.39 is 0 Å². The third-order valence-electron chi connectivity index (χ3n) is 8.81. The molecule has 1 aliphatic heterocycles. The number of allylic oxidation sites excluding steroid dienone is 1. The second-order valence-electron chi connectivity index (χ2n) is 12.1. The maximum absolute atomic E-state index is 14.2. The second-order valence-corrected chi connectivity index (χ2v) is 12.1. The zero-order valence-electron chi connectivity index (χ0n) is 26.9. The van der Waals surface area contributed by atoms with E-state index in [1.165, 1.54) is 4.90 Å². The number of fused-ring (bicyclic) bond motifs is 3. The zero-order valence-corrected chi connectivity index (χ0v) is 26.9. The Kier molecular flexibility index (Phi) is 8.10. The molecule has 9 nitrogen and oxygen atoms in total. The van der Waals surface area contributed by atoms with Crippen LogP contribution in [-0.2, 0) is 11.2 Å². The average Bonchev–Trinajstić information content (AvgIpc) is 3.10. The van der Waals surface area contributed by atoms with E-state index in [-0.39, 0.29) is 30.2 Å².